The van der Waals surface area contributed by atoms with Crippen molar-refractivity contribution < 1.29 is 13.6 Å². The van der Waals surface area contributed by atoms with Crippen molar-refractivity contribution >= 4 is 33.4 Å². The minimum Gasteiger partial charge on any atom is -0.419 e. The van der Waals surface area contributed by atoms with Crippen molar-refractivity contribution in [1.82, 2.24) is 15.1 Å². The molecule has 0 saturated heterocycles. The van der Waals surface area contributed by atoms with E-state index in [1.54, 1.807) is 29.2 Å². The second kappa shape index (κ2) is 7.40. The number of amides is 1. The molecule has 2 aromatic carbocycles. The van der Waals surface area contributed by atoms with Crippen molar-refractivity contribution in [2.75, 3.05) is 0 Å². The Balaban J connectivity index is 1.56. The summed E-state index contributed by atoms with van der Waals surface area (Å²) in [5.41, 5.74) is 1.16. The van der Waals surface area contributed by atoms with Crippen LogP contribution in [0.4, 0.5) is 4.39 Å². The van der Waals surface area contributed by atoms with Gasteiger partial charge in [0.1, 0.15) is 5.82 Å². The van der Waals surface area contributed by atoms with Gasteiger partial charge >= 0.3 is 0 Å². The third kappa shape index (κ3) is 4.04. The Kier molecular flexibility index (Phi) is 4.97. The van der Waals surface area contributed by atoms with E-state index in [9.17, 15) is 9.18 Å². The Bertz CT molecular complexity index is 989. The van der Waals surface area contributed by atoms with Crippen LogP contribution in [-0.4, -0.2) is 27.0 Å². The van der Waals surface area contributed by atoms with E-state index in [1.165, 1.54) is 18.2 Å². The molecule has 0 bridgehead atoms. The number of rotatable bonds is 5. The molecule has 3 aromatic rings. The predicted octanol–water partition coefficient (Wildman–Crippen LogP) is 5.10. The first kappa shape index (κ1) is 18.1. The zero-order valence-corrected chi connectivity index (χ0v) is 16.4. The van der Waals surface area contributed by atoms with Gasteiger partial charge in [-0.3, -0.25) is 4.79 Å². The van der Waals surface area contributed by atoms with Crippen LogP contribution in [0.3, 0.4) is 0 Å². The van der Waals surface area contributed by atoms with Crippen LogP contribution >= 0.6 is 27.5 Å². The summed E-state index contributed by atoms with van der Waals surface area (Å²) < 4.78 is 19.5. The van der Waals surface area contributed by atoms with E-state index in [0.29, 0.717) is 26.8 Å². The number of aromatic nitrogens is 2. The molecule has 1 aliphatic carbocycles. The van der Waals surface area contributed by atoms with Gasteiger partial charge in [-0.2, -0.15) is 0 Å². The first-order valence-electron chi connectivity index (χ1n) is 8.35. The van der Waals surface area contributed by atoms with Crippen molar-refractivity contribution in [1.29, 1.82) is 0 Å². The number of carbonyl (C=O) groups excluding carboxylic acids is 1. The quantitative estimate of drug-likeness (QED) is 0.543. The third-order valence-electron chi connectivity index (χ3n) is 4.27. The van der Waals surface area contributed by atoms with E-state index >= 15 is 0 Å². The molecule has 1 heterocycles. The molecule has 0 N–H and O–H groups in total. The van der Waals surface area contributed by atoms with Crippen LogP contribution in [0.1, 0.15) is 29.1 Å². The van der Waals surface area contributed by atoms with Crippen molar-refractivity contribution in [2.24, 2.45) is 0 Å². The van der Waals surface area contributed by atoms with Crippen molar-refractivity contribution in [3.63, 3.8) is 0 Å². The van der Waals surface area contributed by atoms with Crippen molar-refractivity contribution in [2.45, 2.75) is 25.4 Å². The van der Waals surface area contributed by atoms with Crippen LogP contribution in [0.2, 0.25) is 5.02 Å². The molecular weight excluding hydrogens is 437 g/mol. The van der Waals surface area contributed by atoms with E-state index in [2.05, 4.69) is 26.1 Å². The number of hydrogen-bond donors (Lipinski definition) is 0. The summed E-state index contributed by atoms with van der Waals surface area (Å²) in [6.45, 7) is 0.202. The first-order chi connectivity index (χ1) is 13.0. The SMILES string of the molecule is O=C(c1ccc(F)cc1Br)N(Cc1nnc(-c2ccc(Cl)cc2)o1)C1CC1. The van der Waals surface area contributed by atoms with E-state index in [4.69, 9.17) is 16.0 Å². The fraction of sp³-hybridized carbons (Fsp3) is 0.211. The van der Waals surface area contributed by atoms with Gasteiger partial charge in [0.05, 0.1) is 12.1 Å². The number of halogens is 3. The highest BCUT2D eigenvalue weighted by atomic mass is 79.9. The van der Waals surface area contributed by atoms with Crippen LogP contribution < -0.4 is 0 Å². The van der Waals surface area contributed by atoms with Crippen molar-refractivity contribution in [3.05, 3.63) is 69.2 Å². The van der Waals surface area contributed by atoms with Gasteiger partial charge in [0.2, 0.25) is 11.8 Å². The molecular formula is C19H14BrClFN3O2. The Morgan fingerprint density at radius 2 is 1.96 bits per heavy atom. The average Bonchev–Trinajstić information content (AvgIpc) is 3.38. The third-order valence-corrected chi connectivity index (χ3v) is 5.18. The van der Waals surface area contributed by atoms with E-state index in [-0.39, 0.29) is 18.5 Å². The van der Waals surface area contributed by atoms with E-state index in [0.717, 1.165) is 18.4 Å². The highest BCUT2D eigenvalue weighted by molar-refractivity contribution is 9.10. The molecule has 0 spiro atoms. The maximum atomic E-state index is 13.3. The number of nitrogens with zero attached hydrogens (tertiary/aromatic N) is 3. The van der Waals surface area contributed by atoms with Gasteiger partial charge in [0, 0.05) is 21.1 Å². The highest BCUT2D eigenvalue weighted by Gasteiger charge is 2.35. The van der Waals surface area contributed by atoms with Gasteiger partial charge in [0.25, 0.3) is 5.91 Å². The molecule has 1 aromatic heterocycles. The fourth-order valence-corrected chi connectivity index (χ4v) is 3.39. The minimum absolute atomic E-state index is 0.125. The molecule has 0 aliphatic heterocycles. The lowest BCUT2D eigenvalue weighted by atomic mass is 10.2. The van der Waals surface area contributed by atoms with Crippen LogP contribution in [0, 0.1) is 5.82 Å². The molecule has 138 valence electrons. The summed E-state index contributed by atoms with van der Waals surface area (Å²) in [7, 11) is 0. The second-order valence-corrected chi connectivity index (χ2v) is 7.59. The topological polar surface area (TPSA) is 59.2 Å². The number of benzene rings is 2. The van der Waals surface area contributed by atoms with Gasteiger partial charge in [0.15, 0.2) is 0 Å². The zero-order valence-electron chi connectivity index (χ0n) is 14.0. The smallest absolute Gasteiger partial charge is 0.255 e. The summed E-state index contributed by atoms with van der Waals surface area (Å²) in [6, 6.07) is 11.2. The van der Waals surface area contributed by atoms with Crippen LogP contribution in [0.15, 0.2) is 51.4 Å². The monoisotopic (exact) mass is 449 g/mol. The molecule has 0 radical (unpaired) electrons. The molecule has 4 rings (SSSR count). The van der Waals surface area contributed by atoms with Gasteiger partial charge in [-0.25, -0.2) is 4.39 Å². The predicted molar refractivity (Wildman–Crippen MR) is 102 cm³/mol. The van der Waals surface area contributed by atoms with Crippen molar-refractivity contribution in [3.8, 4) is 11.5 Å². The molecule has 1 amide bonds. The molecule has 27 heavy (non-hydrogen) atoms. The van der Waals surface area contributed by atoms with Gasteiger partial charge < -0.3 is 9.32 Å². The van der Waals surface area contributed by atoms with Crippen LogP contribution in [0.5, 0.6) is 0 Å². The molecule has 5 nitrogen and oxygen atoms in total. The lowest BCUT2D eigenvalue weighted by Crippen LogP contribution is -2.33. The molecule has 0 unspecified atom stereocenters. The largest absolute Gasteiger partial charge is 0.419 e. The van der Waals surface area contributed by atoms with E-state index in [1.807, 2.05) is 0 Å². The number of carbonyl (C=O) groups is 1. The Hall–Kier alpha value is -2.25. The zero-order chi connectivity index (χ0) is 19.0. The molecule has 1 fully saturated rings. The fourth-order valence-electron chi connectivity index (χ4n) is 2.74. The lowest BCUT2D eigenvalue weighted by molar-refractivity contribution is 0.0713. The standard InChI is InChI=1S/C19H14BrClFN3O2/c20-16-9-13(22)5-8-15(16)19(26)25(14-6-7-14)10-17-23-24-18(27-17)11-1-3-12(21)4-2-11/h1-5,8-9,14H,6-7,10H2. The summed E-state index contributed by atoms with van der Waals surface area (Å²) in [5.74, 6) is 0.114. The normalized spacial score (nSPS) is 13.6. The Morgan fingerprint density at radius 1 is 1.22 bits per heavy atom. The number of hydrogen-bond acceptors (Lipinski definition) is 4. The first-order valence-corrected chi connectivity index (χ1v) is 9.52. The Morgan fingerprint density at radius 3 is 2.63 bits per heavy atom. The maximum absolute atomic E-state index is 13.3. The second-order valence-electron chi connectivity index (χ2n) is 6.30. The molecule has 1 aliphatic rings. The summed E-state index contributed by atoms with van der Waals surface area (Å²) in [5, 5.41) is 8.74. The molecule has 0 atom stereocenters. The minimum atomic E-state index is -0.402. The highest BCUT2D eigenvalue weighted by Crippen LogP contribution is 2.32. The molecule has 1 saturated carbocycles. The van der Waals surface area contributed by atoms with Gasteiger partial charge in [-0.1, -0.05) is 11.6 Å². The summed E-state index contributed by atoms with van der Waals surface area (Å²) in [6.07, 6.45) is 1.84. The van der Waals surface area contributed by atoms with E-state index < -0.39 is 5.82 Å². The maximum Gasteiger partial charge on any atom is 0.255 e. The Labute approximate surface area is 168 Å². The van der Waals surface area contributed by atoms with Gasteiger partial charge in [-0.05, 0) is 71.2 Å². The van der Waals surface area contributed by atoms with Crippen LogP contribution in [0.25, 0.3) is 11.5 Å². The molecule has 8 heteroatoms. The van der Waals surface area contributed by atoms with Crippen LogP contribution in [-0.2, 0) is 6.54 Å². The van der Waals surface area contributed by atoms with Gasteiger partial charge in [-0.15, -0.1) is 10.2 Å². The summed E-state index contributed by atoms with van der Waals surface area (Å²) in [4.78, 5) is 14.6. The average molecular weight is 451 g/mol. The lowest BCUT2D eigenvalue weighted by Gasteiger charge is -2.21. The summed E-state index contributed by atoms with van der Waals surface area (Å²) >= 11 is 9.15.